The number of aromatic amines is 1. The van der Waals surface area contributed by atoms with Crippen molar-refractivity contribution in [2.45, 2.75) is 25.9 Å². The average molecular weight is 292 g/mol. The van der Waals surface area contributed by atoms with Gasteiger partial charge < -0.3 is 10.3 Å². The Labute approximate surface area is 121 Å². The second-order valence-electron chi connectivity index (χ2n) is 4.72. The molecule has 0 aromatic carbocycles. The van der Waals surface area contributed by atoms with Crippen LogP contribution in [0.5, 0.6) is 0 Å². The minimum Gasteiger partial charge on any atom is -0.347 e. The number of fused-ring (bicyclic) bond motifs is 1. The summed E-state index contributed by atoms with van der Waals surface area (Å²) >= 11 is 5.80. The number of imidazole rings is 1. The summed E-state index contributed by atoms with van der Waals surface area (Å²) < 4.78 is 0. The molecule has 0 aliphatic carbocycles. The normalized spacial score (nSPS) is 17.6. The number of H-pyrrole nitrogens is 1. The smallest absolute Gasteiger partial charge is 0.241 e. The van der Waals surface area contributed by atoms with Gasteiger partial charge in [-0.25, -0.2) is 9.97 Å². The molecule has 3 heterocycles. The zero-order valence-corrected chi connectivity index (χ0v) is 11.7. The van der Waals surface area contributed by atoms with Crippen molar-refractivity contribution < 1.29 is 4.79 Å². The number of rotatable bonds is 2. The Hall–Kier alpha value is -1.92. The van der Waals surface area contributed by atoms with Crippen LogP contribution >= 0.6 is 11.6 Å². The molecule has 0 bridgehead atoms. The van der Waals surface area contributed by atoms with Crippen LogP contribution in [0.4, 0.5) is 5.69 Å². The minimum absolute atomic E-state index is 0.0918. The van der Waals surface area contributed by atoms with Crippen LogP contribution < -0.4 is 10.6 Å². The van der Waals surface area contributed by atoms with Gasteiger partial charge in [-0.2, -0.15) is 0 Å². The zero-order valence-electron chi connectivity index (χ0n) is 10.9. The second kappa shape index (κ2) is 5.22. The lowest BCUT2D eigenvalue weighted by Gasteiger charge is -2.22. The first-order valence-electron chi connectivity index (χ1n) is 6.32. The molecule has 6 nitrogen and oxygen atoms in total. The molecular weight excluding hydrogens is 278 g/mol. The van der Waals surface area contributed by atoms with E-state index in [1.165, 1.54) is 0 Å². The Balaban J connectivity index is 1.71. The van der Waals surface area contributed by atoms with Gasteiger partial charge in [-0.1, -0.05) is 11.6 Å². The highest BCUT2D eigenvalue weighted by Gasteiger charge is 2.26. The molecule has 0 saturated heterocycles. The van der Waals surface area contributed by atoms with Gasteiger partial charge in [-0.15, -0.1) is 0 Å². The van der Waals surface area contributed by atoms with Crippen LogP contribution in [0, 0.1) is 6.92 Å². The third-order valence-corrected chi connectivity index (χ3v) is 3.57. The first kappa shape index (κ1) is 13.1. The number of hydrogen-bond acceptors (Lipinski definition) is 4. The van der Waals surface area contributed by atoms with Gasteiger partial charge in [0.15, 0.2) is 0 Å². The fraction of sp³-hybridized carbons (Fsp3) is 0.308. The maximum absolute atomic E-state index is 12.3. The topological polar surface area (TPSA) is 82.7 Å². The van der Waals surface area contributed by atoms with Gasteiger partial charge >= 0.3 is 0 Å². The maximum atomic E-state index is 12.3. The summed E-state index contributed by atoms with van der Waals surface area (Å²) in [5, 5.41) is 6.47. The summed E-state index contributed by atoms with van der Waals surface area (Å²) in [6.07, 6.45) is 2.23. The highest BCUT2D eigenvalue weighted by Crippen LogP contribution is 2.18. The van der Waals surface area contributed by atoms with Gasteiger partial charge in [0.1, 0.15) is 5.15 Å². The Bertz CT molecular complexity index is 654. The molecular formula is C13H14ClN5O. The van der Waals surface area contributed by atoms with E-state index in [0.29, 0.717) is 29.5 Å². The Morgan fingerprint density at radius 3 is 3.15 bits per heavy atom. The van der Waals surface area contributed by atoms with E-state index >= 15 is 0 Å². The van der Waals surface area contributed by atoms with Crippen LogP contribution in [0.3, 0.4) is 0 Å². The third-order valence-electron chi connectivity index (χ3n) is 3.36. The Kier molecular flexibility index (Phi) is 3.42. The minimum atomic E-state index is -0.291. The van der Waals surface area contributed by atoms with Crippen LogP contribution in [0.1, 0.15) is 17.1 Å². The van der Waals surface area contributed by atoms with Gasteiger partial charge in [0.2, 0.25) is 5.91 Å². The molecule has 3 rings (SSSR count). The summed E-state index contributed by atoms with van der Waals surface area (Å²) in [6.45, 7) is 2.42. The summed E-state index contributed by atoms with van der Waals surface area (Å²) in [6, 6.07) is 3.12. The van der Waals surface area contributed by atoms with Gasteiger partial charge in [0, 0.05) is 13.0 Å². The number of carbonyl (C=O) groups is 1. The van der Waals surface area contributed by atoms with Gasteiger partial charge in [-0.05, 0) is 19.1 Å². The monoisotopic (exact) mass is 291 g/mol. The number of nitrogens with zero attached hydrogens (tertiary/aromatic N) is 2. The van der Waals surface area contributed by atoms with E-state index < -0.39 is 0 Å². The molecule has 0 spiro atoms. The molecule has 3 N–H and O–H groups in total. The van der Waals surface area contributed by atoms with E-state index in [0.717, 1.165) is 11.4 Å². The average Bonchev–Trinajstić information content (AvgIpc) is 2.89. The molecule has 2 aromatic rings. The highest BCUT2D eigenvalue weighted by atomic mass is 35.5. The SMILES string of the molecule is Cc1nc(Cl)ccc1NC(=O)C1Cc2nc[nH]c2CN1. The van der Waals surface area contributed by atoms with Crippen LogP contribution in [0.2, 0.25) is 5.15 Å². The molecule has 1 aliphatic rings. The Morgan fingerprint density at radius 2 is 2.35 bits per heavy atom. The molecule has 1 atom stereocenters. The third kappa shape index (κ3) is 2.52. The first-order chi connectivity index (χ1) is 9.63. The standard InChI is InChI=1S/C13H14ClN5O/c1-7-8(2-3-12(14)18-7)19-13(20)10-4-9-11(5-15-10)17-6-16-9/h2-3,6,10,15H,4-5H2,1H3,(H,16,17)(H,19,20). The second-order valence-corrected chi connectivity index (χ2v) is 5.11. The zero-order chi connectivity index (χ0) is 14.1. The van der Waals surface area contributed by atoms with Crippen LogP contribution in [0.25, 0.3) is 0 Å². The molecule has 20 heavy (non-hydrogen) atoms. The van der Waals surface area contributed by atoms with E-state index in [9.17, 15) is 4.79 Å². The number of nitrogens with one attached hydrogen (secondary N) is 3. The van der Waals surface area contributed by atoms with Crippen molar-refractivity contribution in [1.29, 1.82) is 0 Å². The Morgan fingerprint density at radius 1 is 1.50 bits per heavy atom. The van der Waals surface area contributed by atoms with E-state index in [-0.39, 0.29) is 11.9 Å². The summed E-state index contributed by atoms with van der Waals surface area (Å²) in [5.41, 5.74) is 3.35. The van der Waals surface area contributed by atoms with Crippen molar-refractivity contribution in [2.75, 3.05) is 5.32 Å². The van der Waals surface area contributed by atoms with Crippen molar-refractivity contribution in [3.05, 3.63) is 40.7 Å². The van der Waals surface area contributed by atoms with Crippen molar-refractivity contribution >= 4 is 23.2 Å². The number of pyridine rings is 1. The van der Waals surface area contributed by atoms with E-state index in [1.807, 2.05) is 6.92 Å². The molecule has 0 radical (unpaired) electrons. The number of halogens is 1. The van der Waals surface area contributed by atoms with Crippen molar-refractivity contribution in [1.82, 2.24) is 20.3 Å². The lowest BCUT2D eigenvalue weighted by Crippen LogP contribution is -2.44. The lowest BCUT2D eigenvalue weighted by atomic mass is 10.0. The quantitative estimate of drug-likeness (QED) is 0.731. The highest BCUT2D eigenvalue weighted by molar-refractivity contribution is 6.29. The molecule has 7 heteroatoms. The fourth-order valence-electron chi connectivity index (χ4n) is 2.24. The largest absolute Gasteiger partial charge is 0.347 e. The molecule has 1 amide bonds. The predicted molar refractivity (Wildman–Crippen MR) is 75.5 cm³/mol. The van der Waals surface area contributed by atoms with Crippen molar-refractivity contribution in [2.24, 2.45) is 0 Å². The number of carbonyl (C=O) groups excluding carboxylic acids is 1. The number of anilines is 1. The molecule has 104 valence electrons. The lowest BCUT2D eigenvalue weighted by molar-refractivity contribution is -0.118. The van der Waals surface area contributed by atoms with Crippen LogP contribution in [0.15, 0.2) is 18.5 Å². The van der Waals surface area contributed by atoms with Crippen LogP contribution in [-0.2, 0) is 17.8 Å². The van der Waals surface area contributed by atoms with E-state index in [4.69, 9.17) is 11.6 Å². The van der Waals surface area contributed by atoms with Crippen molar-refractivity contribution in [3.63, 3.8) is 0 Å². The molecule has 1 aliphatic heterocycles. The fourth-order valence-corrected chi connectivity index (χ4v) is 2.43. The van der Waals surface area contributed by atoms with E-state index in [2.05, 4.69) is 25.6 Å². The summed E-state index contributed by atoms with van der Waals surface area (Å²) in [7, 11) is 0. The first-order valence-corrected chi connectivity index (χ1v) is 6.70. The number of amides is 1. The molecule has 2 aromatic heterocycles. The summed E-state index contributed by atoms with van der Waals surface area (Å²) in [5.74, 6) is -0.0918. The molecule has 1 unspecified atom stereocenters. The molecule has 0 saturated carbocycles. The van der Waals surface area contributed by atoms with Gasteiger partial charge in [0.05, 0.1) is 35.1 Å². The summed E-state index contributed by atoms with van der Waals surface area (Å²) in [4.78, 5) is 23.6. The van der Waals surface area contributed by atoms with E-state index in [1.54, 1.807) is 18.5 Å². The maximum Gasteiger partial charge on any atom is 0.241 e. The van der Waals surface area contributed by atoms with Gasteiger partial charge in [0.25, 0.3) is 0 Å². The predicted octanol–water partition coefficient (Wildman–Crippen LogP) is 1.42. The molecule has 0 fully saturated rings. The van der Waals surface area contributed by atoms with Gasteiger partial charge in [-0.3, -0.25) is 10.1 Å². The number of aromatic nitrogens is 3. The number of aryl methyl sites for hydroxylation is 1. The van der Waals surface area contributed by atoms with Crippen LogP contribution in [-0.4, -0.2) is 26.9 Å². The number of hydrogen-bond donors (Lipinski definition) is 3. The van der Waals surface area contributed by atoms with Crippen molar-refractivity contribution in [3.8, 4) is 0 Å².